The smallest absolute Gasteiger partial charge is 0.813 e. The summed E-state index contributed by atoms with van der Waals surface area (Å²) in [7, 11) is 0. The Morgan fingerprint density at radius 1 is 1.19 bits per heavy atom. The number of aromatic nitrogens is 2. The minimum Gasteiger partial charge on any atom is -0.813 e. The SMILES string of the molecule is CC.CC.[C-]1=CCN(Cc2nc3ccccc3[nH]2)C1.[SH-].[W+2]. The molecule has 0 radical (unpaired) electrons. The minimum atomic E-state index is 0. The number of hydrogen-bond donors (Lipinski definition) is 1. The molecule has 0 unspecified atom stereocenters. The van der Waals surface area contributed by atoms with Gasteiger partial charge in [-0.25, -0.2) is 4.98 Å². The molecule has 0 fully saturated rings. The van der Waals surface area contributed by atoms with Crippen molar-refractivity contribution in [3.8, 4) is 0 Å². The molecule has 1 aliphatic rings. The maximum atomic E-state index is 4.54. The van der Waals surface area contributed by atoms with E-state index in [9.17, 15) is 0 Å². The first-order chi connectivity index (χ1) is 9.42. The quantitative estimate of drug-likeness (QED) is 0.410. The summed E-state index contributed by atoms with van der Waals surface area (Å²) in [6.07, 6.45) is 5.26. The van der Waals surface area contributed by atoms with Crippen LogP contribution in [0, 0.1) is 6.08 Å². The zero-order chi connectivity index (χ0) is 14.1. The predicted molar refractivity (Wildman–Crippen MR) is 90.6 cm³/mol. The molecule has 1 aliphatic heterocycles. The topological polar surface area (TPSA) is 31.9 Å². The van der Waals surface area contributed by atoms with E-state index >= 15 is 0 Å². The first kappa shape index (κ1) is 22.7. The predicted octanol–water partition coefficient (Wildman–Crippen LogP) is 3.52. The molecule has 0 amide bonds. The normalized spacial score (nSPS) is 12.4. The summed E-state index contributed by atoms with van der Waals surface area (Å²) < 4.78 is 0. The molecule has 21 heavy (non-hydrogen) atoms. The number of hydrogen-bond acceptors (Lipinski definition) is 3. The molecule has 3 nitrogen and oxygen atoms in total. The second-order valence-electron chi connectivity index (χ2n) is 3.78. The summed E-state index contributed by atoms with van der Waals surface area (Å²) in [5.74, 6) is 1.04. The molecule has 1 aromatic carbocycles. The van der Waals surface area contributed by atoms with Gasteiger partial charge in [-0.3, -0.25) is 6.08 Å². The maximum Gasteiger partial charge on any atom is 2.00 e. The fourth-order valence-corrected chi connectivity index (χ4v) is 1.86. The van der Waals surface area contributed by atoms with Crippen LogP contribution in [0.5, 0.6) is 0 Å². The van der Waals surface area contributed by atoms with Crippen LogP contribution in [0.2, 0.25) is 0 Å². The molecule has 0 saturated heterocycles. The van der Waals surface area contributed by atoms with Crippen LogP contribution in [-0.4, -0.2) is 28.0 Å². The van der Waals surface area contributed by atoms with E-state index < -0.39 is 0 Å². The number of para-hydroxylation sites is 2. The van der Waals surface area contributed by atoms with Crippen molar-refractivity contribution < 1.29 is 21.1 Å². The number of aromatic amines is 1. The van der Waals surface area contributed by atoms with Gasteiger partial charge in [-0.1, -0.05) is 39.8 Å². The third kappa shape index (κ3) is 6.81. The Bertz CT molecular complexity index is 470. The molecule has 2 heterocycles. The first-order valence-corrected chi connectivity index (χ1v) is 7.13. The van der Waals surface area contributed by atoms with Gasteiger partial charge in [0.25, 0.3) is 0 Å². The van der Waals surface area contributed by atoms with Gasteiger partial charge < -0.3 is 29.5 Å². The average Bonchev–Trinajstić information content (AvgIpc) is 3.12. The number of benzene rings is 1. The van der Waals surface area contributed by atoms with Crippen molar-refractivity contribution in [1.29, 1.82) is 0 Å². The molecule has 2 aromatic rings. The second-order valence-corrected chi connectivity index (χ2v) is 3.78. The van der Waals surface area contributed by atoms with Crippen LogP contribution in [0.15, 0.2) is 30.3 Å². The maximum absolute atomic E-state index is 4.54. The van der Waals surface area contributed by atoms with Crippen molar-refractivity contribution in [2.24, 2.45) is 0 Å². The molecule has 1 N–H and O–H groups in total. The van der Waals surface area contributed by atoms with Gasteiger partial charge in [-0.05, 0) is 18.7 Å². The van der Waals surface area contributed by atoms with Gasteiger partial charge in [0.2, 0.25) is 0 Å². The van der Waals surface area contributed by atoms with E-state index in [1.807, 2.05) is 45.9 Å². The van der Waals surface area contributed by atoms with Gasteiger partial charge >= 0.3 is 21.1 Å². The molecule has 3 rings (SSSR count). The van der Waals surface area contributed by atoms with Crippen molar-refractivity contribution in [1.82, 2.24) is 14.9 Å². The number of nitrogens with zero attached hydrogens (tertiary/aromatic N) is 2. The minimum absolute atomic E-state index is 0. The summed E-state index contributed by atoms with van der Waals surface area (Å²) in [4.78, 5) is 10.2. The molecule has 0 bridgehead atoms. The van der Waals surface area contributed by atoms with E-state index in [0.29, 0.717) is 0 Å². The van der Waals surface area contributed by atoms with E-state index in [1.54, 1.807) is 0 Å². The van der Waals surface area contributed by atoms with Gasteiger partial charge in [0, 0.05) is 0 Å². The number of fused-ring (bicyclic) bond motifs is 1. The van der Waals surface area contributed by atoms with Gasteiger partial charge in [-0.15, -0.1) is 6.54 Å². The van der Waals surface area contributed by atoms with E-state index in [-0.39, 0.29) is 34.6 Å². The van der Waals surface area contributed by atoms with Crippen LogP contribution in [0.25, 0.3) is 11.0 Å². The second kappa shape index (κ2) is 13.1. The molecule has 0 aliphatic carbocycles. The van der Waals surface area contributed by atoms with Crippen molar-refractivity contribution >= 4 is 24.5 Å². The van der Waals surface area contributed by atoms with Gasteiger partial charge in [-0.2, -0.15) is 0 Å². The van der Waals surface area contributed by atoms with Crippen LogP contribution in [0.1, 0.15) is 33.5 Å². The zero-order valence-corrected chi connectivity index (χ0v) is 17.1. The molecular weight excluding hydrogens is 450 g/mol. The van der Waals surface area contributed by atoms with Gasteiger partial charge in [0.1, 0.15) is 5.82 Å². The van der Waals surface area contributed by atoms with E-state index in [2.05, 4.69) is 33.1 Å². The standard InChI is InChI=1S/C12H12N3.2C2H6.H2S.W/c1-2-6-11-10(5-1)13-12(14-11)9-15-7-3-4-8-15;2*1-2;;/h1-3,5-6H,7-9H2,(H,13,14);2*1-2H3;1H2;/q-1;;;;+2/p-1. The number of rotatable bonds is 2. The summed E-state index contributed by atoms with van der Waals surface area (Å²) in [5.41, 5.74) is 2.16. The first-order valence-electron chi connectivity index (χ1n) is 7.13. The molecule has 5 heteroatoms. The van der Waals surface area contributed by atoms with Crippen LogP contribution >= 0.6 is 0 Å². The molecule has 116 valence electrons. The Hall–Kier alpha value is -0.572. The van der Waals surface area contributed by atoms with Crippen LogP contribution in [-0.2, 0) is 41.1 Å². The number of nitrogens with one attached hydrogen (secondary N) is 1. The Kier molecular flexibility index (Phi) is 14.2. The Balaban J connectivity index is 0. The molecule has 1 aromatic heterocycles. The van der Waals surface area contributed by atoms with Crippen LogP contribution in [0.3, 0.4) is 0 Å². The summed E-state index contributed by atoms with van der Waals surface area (Å²) >= 11 is 0. The summed E-state index contributed by atoms with van der Waals surface area (Å²) in [6.45, 7) is 10.8. The average molecular weight is 475 g/mol. The van der Waals surface area contributed by atoms with E-state index in [0.717, 1.165) is 36.5 Å². The number of H-pyrrole nitrogens is 1. The molecule has 0 spiro atoms. The van der Waals surface area contributed by atoms with Crippen LogP contribution < -0.4 is 0 Å². The summed E-state index contributed by atoms with van der Waals surface area (Å²) in [5, 5.41) is 0. The third-order valence-corrected chi connectivity index (χ3v) is 2.62. The fourth-order valence-electron chi connectivity index (χ4n) is 1.86. The fraction of sp³-hybridized carbons (Fsp3) is 0.438. The van der Waals surface area contributed by atoms with Crippen molar-refractivity contribution in [3.63, 3.8) is 0 Å². The Labute approximate surface area is 149 Å². The number of thiol groups is 1. The van der Waals surface area contributed by atoms with Crippen molar-refractivity contribution in [2.75, 3.05) is 13.1 Å². The van der Waals surface area contributed by atoms with E-state index in [1.165, 1.54) is 0 Å². The number of imidazole rings is 1. The molecular formula is C16H25N3SW. The van der Waals surface area contributed by atoms with Gasteiger partial charge in [0.15, 0.2) is 0 Å². The molecule has 0 saturated carbocycles. The zero-order valence-electron chi connectivity index (χ0n) is 13.3. The largest absolute Gasteiger partial charge is 2.00 e. The van der Waals surface area contributed by atoms with Gasteiger partial charge in [0.05, 0.1) is 17.6 Å². The Morgan fingerprint density at radius 2 is 1.86 bits per heavy atom. The monoisotopic (exact) mass is 475 g/mol. The van der Waals surface area contributed by atoms with E-state index in [4.69, 9.17) is 0 Å². The van der Waals surface area contributed by atoms with Crippen molar-refractivity contribution in [2.45, 2.75) is 34.2 Å². The Morgan fingerprint density at radius 3 is 2.43 bits per heavy atom. The summed E-state index contributed by atoms with van der Waals surface area (Å²) in [6, 6.07) is 8.12. The van der Waals surface area contributed by atoms with Crippen LogP contribution in [0.4, 0.5) is 0 Å². The molecule has 0 atom stereocenters. The van der Waals surface area contributed by atoms with Crippen molar-refractivity contribution in [3.05, 3.63) is 42.2 Å². The third-order valence-electron chi connectivity index (χ3n) is 2.62.